The third-order valence-corrected chi connectivity index (χ3v) is 2.27. The summed E-state index contributed by atoms with van der Waals surface area (Å²) in [6.45, 7) is 13.2. The zero-order valence-electron chi connectivity index (χ0n) is 10.5. The molecule has 0 heterocycles. The van der Waals surface area contributed by atoms with E-state index in [4.69, 9.17) is 7.32 Å². The first-order chi connectivity index (χ1) is 6.10. The topological polar surface area (TPSA) is 35.5 Å². The monoisotopic (exact) mass is 277 g/mol. The van der Waals surface area contributed by atoms with E-state index >= 15 is 0 Å². The fraction of sp³-hybridized carbons (Fsp3) is 1.00. The van der Waals surface area contributed by atoms with Crippen molar-refractivity contribution in [3.63, 3.8) is 0 Å². The Morgan fingerprint density at radius 1 is 0.867 bits per heavy atom. The minimum atomic E-state index is -2.72. The maximum absolute atomic E-state index is 11.3. The quantitative estimate of drug-likeness (QED) is 0.791. The molecule has 0 saturated carbocycles. The molecule has 3 nitrogen and oxygen atoms in total. The second-order valence-corrected chi connectivity index (χ2v) is 7.40. The van der Waals surface area contributed by atoms with Crippen molar-refractivity contribution in [3.8, 4) is 0 Å². The van der Waals surface area contributed by atoms with E-state index in [0.717, 1.165) is 0 Å². The summed E-state index contributed by atoms with van der Waals surface area (Å²) in [5, 5.41) is 0. The van der Waals surface area contributed by atoms with Gasteiger partial charge < -0.3 is 0 Å². The SMILES string of the molecule is CC(C)(C)C[O][V](=[O])[O]CC(C)(C)C.Cl. The van der Waals surface area contributed by atoms with Gasteiger partial charge in [-0.1, -0.05) is 0 Å². The van der Waals surface area contributed by atoms with Crippen LogP contribution in [-0.2, 0) is 26.8 Å². The van der Waals surface area contributed by atoms with Crippen molar-refractivity contribution < 1.29 is 26.8 Å². The molecule has 0 rings (SSSR count). The fourth-order valence-corrected chi connectivity index (χ4v) is 2.19. The van der Waals surface area contributed by atoms with Gasteiger partial charge in [-0.15, -0.1) is 12.4 Å². The number of rotatable bonds is 4. The number of hydrogen-bond donors (Lipinski definition) is 0. The van der Waals surface area contributed by atoms with Gasteiger partial charge in [-0.25, -0.2) is 0 Å². The standard InChI is InChI=1S/2C5H11O.ClH.O.V/c2*1-5(2,3)4-6;;;/h2*4H2,1-3H3;1H;;/q2*-1;;;+2. The summed E-state index contributed by atoms with van der Waals surface area (Å²) in [6, 6.07) is 0. The maximum atomic E-state index is 11.3. The molecule has 0 aromatic rings. The van der Waals surface area contributed by atoms with Crippen LogP contribution in [0, 0.1) is 10.8 Å². The van der Waals surface area contributed by atoms with E-state index in [1.807, 2.05) is 41.5 Å². The first-order valence-corrected chi connectivity index (χ1v) is 6.54. The first kappa shape index (κ1) is 18.0. The zero-order chi connectivity index (χ0) is 11.4. The molecule has 0 aromatic heterocycles. The molecule has 0 atom stereocenters. The zero-order valence-corrected chi connectivity index (χ0v) is 12.7. The van der Waals surface area contributed by atoms with Crippen LogP contribution in [0.3, 0.4) is 0 Å². The van der Waals surface area contributed by atoms with Crippen molar-refractivity contribution in [2.45, 2.75) is 41.5 Å². The smallest absolute Gasteiger partial charge is 0.147 e. The van der Waals surface area contributed by atoms with Gasteiger partial charge in [0, 0.05) is 0 Å². The third kappa shape index (κ3) is 14.6. The van der Waals surface area contributed by atoms with E-state index < -0.39 is 15.8 Å². The van der Waals surface area contributed by atoms with Crippen LogP contribution in [0.1, 0.15) is 41.5 Å². The van der Waals surface area contributed by atoms with E-state index in [2.05, 4.69) is 0 Å². The van der Waals surface area contributed by atoms with Crippen LogP contribution in [0.25, 0.3) is 0 Å². The van der Waals surface area contributed by atoms with E-state index in [1.165, 1.54) is 0 Å². The molecule has 0 spiro atoms. The van der Waals surface area contributed by atoms with E-state index in [-0.39, 0.29) is 23.2 Å². The normalized spacial score (nSPS) is 12.1. The summed E-state index contributed by atoms with van der Waals surface area (Å²) in [4.78, 5) is 0. The second kappa shape index (κ2) is 7.02. The predicted molar refractivity (Wildman–Crippen MR) is 58.7 cm³/mol. The van der Waals surface area contributed by atoms with Gasteiger partial charge in [-0.2, -0.15) is 0 Å². The maximum Gasteiger partial charge on any atom is -0.147 e. The first-order valence-electron chi connectivity index (χ1n) is 4.83. The van der Waals surface area contributed by atoms with Gasteiger partial charge in [0.25, 0.3) is 0 Å². The minimum absolute atomic E-state index is 0. The molecule has 0 aliphatic carbocycles. The summed E-state index contributed by atoms with van der Waals surface area (Å²) in [5.74, 6) is 0. The largest absolute Gasteiger partial charge is 0.147 e. The molecule has 0 unspecified atom stereocenters. The summed E-state index contributed by atoms with van der Waals surface area (Å²) in [5.41, 5.74) is 0.0883. The Hall–Kier alpha value is 0.594. The van der Waals surface area contributed by atoms with Crippen molar-refractivity contribution in [2.75, 3.05) is 13.2 Å². The molecule has 0 bridgehead atoms. The van der Waals surface area contributed by atoms with Crippen molar-refractivity contribution in [1.82, 2.24) is 0 Å². The molecule has 0 fully saturated rings. The summed E-state index contributed by atoms with van der Waals surface area (Å²) < 4.78 is 21.7. The predicted octanol–water partition coefficient (Wildman–Crippen LogP) is 3.33. The Labute approximate surface area is 105 Å². The minimum Gasteiger partial charge on any atom is -0.147 e. The molecule has 0 radical (unpaired) electrons. The van der Waals surface area contributed by atoms with Crippen LogP contribution in [0.2, 0.25) is 0 Å². The van der Waals surface area contributed by atoms with Crippen LogP contribution in [-0.4, -0.2) is 13.2 Å². The van der Waals surface area contributed by atoms with Gasteiger partial charge in [-0.3, -0.25) is 0 Å². The van der Waals surface area contributed by atoms with E-state index in [1.54, 1.807) is 0 Å². The van der Waals surface area contributed by atoms with Crippen LogP contribution < -0.4 is 0 Å². The van der Waals surface area contributed by atoms with Gasteiger partial charge in [0.1, 0.15) is 0 Å². The molecule has 0 saturated heterocycles. The Bertz CT molecular complexity index is 174. The Balaban J connectivity index is 0. The van der Waals surface area contributed by atoms with Crippen LogP contribution >= 0.6 is 12.4 Å². The molecule has 0 aromatic carbocycles. The van der Waals surface area contributed by atoms with E-state index in [0.29, 0.717) is 13.2 Å². The molecule has 93 valence electrons. The van der Waals surface area contributed by atoms with Gasteiger partial charge in [-0.05, 0) is 0 Å². The van der Waals surface area contributed by atoms with Gasteiger partial charge in [0.2, 0.25) is 0 Å². The van der Waals surface area contributed by atoms with Crippen molar-refractivity contribution in [2.24, 2.45) is 10.8 Å². The van der Waals surface area contributed by atoms with Crippen molar-refractivity contribution in [1.29, 1.82) is 0 Å². The summed E-state index contributed by atoms with van der Waals surface area (Å²) >= 11 is -2.72. The Morgan fingerprint density at radius 3 is 1.33 bits per heavy atom. The molecule has 0 N–H and O–H groups in total. The van der Waals surface area contributed by atoms with Crippen LogP contribution in [0.15, 0.2) is 0 Å². The molecule has 0 aliphatic rings. The molecule has 0 amide bonds. The summed E-state index contributed by atoms with van der Waals surface area (Å²) in [7, 11) is 0. The van der Waals surface area contributed by atoms with E-state index in [9.17, 15) is 3.67 Å². The van der Waals surface area contributed by atoms with Crippen molar-refractivity contribution in [3.05, 3.63) is 0 Å². The average Bonchev–Trinajstić information content (AvgIpc) is 1.94. The van der Waals surface area contributed by atoms with Gasteiger partial charge >= 0.3 is 92.4 Å². The Morgan fingerprint density at radius 2 is 1.13 bits per heavy atom. The molecule has 15 heavy (non-hydrogen) atoms. The van der Waals surface area contributed by atoms with Crippen molar-refractivity contribution >= 4 is 12.4 Å². The molecule has 5 heteroatoms. The average molecular weight is 278 g/mol. The van der Waals surface area contributed by atoms with Crippen LogP contribution in [0.4, 0.5) is 0 Å². The van der Waals surface area contributed by atoms with Gasteiger partial charge in [0.05, 0.1) is 0 Å². The fourth-order valence-electron chi connectivity index (χ4n) is 0.530. The number of hydrogen-bond acceptors (Lipinski definition) is 3. The Kier molecular flexibility index (Phi) is 8.42. The molecular formula is C10H23ClO3V. The molecular weight excluding hydrogens is 255 g/mol. The molecule has 0 aliphatic heterocycles. The number of halogens is 1. The second-order valence-electron chi connectivity index (χ2n) is 5.89. The van der Waals surface area contributed by atoms with Gasteiger partial charge in [0.15, 0.2) is 0 Å². The van der Waals surface area contributed by atoms with Crippen LogP contribution in [0.5, 0.6) is 0 Å². The third-order valence-electron chi connectivity index (χ3n) is 1.21. The summed E-state index contributed by atoms with van der Waals surface area (Å²) in [6.07, 6.45) is 0.